The zero-order valence-electron chi connectivity index (χ0n) is 13.5. The highest BCUT2D eigenvalue weighted by Crippen LogP contribution is 2.26. The van der Waals surface area contributed by atoms with Crippen molar-refractivity contribution in [2.45, 2.75) is 32.5 Å². The van der Waals surface area contributed by atoms with Gasteiger partial charge in [-0.25, -0.2) is 0 Å². The van der Waals surface area contributed by atoms with Crippen molar-refractivity contribution in [3.05, 3.63) is 18.2 Å². The molecule has 1 aliphatic heterocycles. The molecule has 2 rings (SSSR count). The molecule has 1 saturated heterocycles. The van der Waals surface area contributed by atoms with Gasteiger partial charge in [0.15, 0.2) is 0 Å². The van der Waals surface area contributed by atoms with Crippen molar-refractivity contribution < 1.29 is 14.3 Å². The molecule has 0 spiro atoms. The highest BCUT2D eigenvalue weighted by atomic mass is 16.5. The largest absolute Gasteiger partial charge is 0.494 e. The Kier molecular flexibility index (Phi) is 5.63. The Morgan fingerprint density at radius 1 is 1.41 bits per heavy atom. The molecule has 0 bridgehead atoms. The number of nitrogens with zero attached hydrogens (tertiary/aromatic N) is 1. The molecule has 6 nitrogen and oxygen atoms in total. The first kappa shape index (κ1) is 16.6. The second-order valence-corrected chi connectivity index (χ2v) is 5.77. The molecule has 0 aromatic heterocycles. The lowest BCUT2D eigenvalue weighted by Gasteiger charge is -2.35. The number of benzene rings is 1. The van der Waals surface area contributed by atoms with Crippen LogP contribution in [0.15, 0.2) is 18.2 Å². The van der Waals surface area contributed by atoms with Crippen LogP contribution in [0.1, 0.15) is 20.3 Å². The minimum Gasteiger partial charge on any atom is -0.494 e. The molecule has 1 aliphatic rings. The maximum Gasteiger partial charge on any atom is 0.225 e. The fourth-order valence-corrected chi connectivity index (χ4v) is 2.75. The van der Waals surface area contributed by atoms with Gasteiger partial charge in [0, 0.05) is 37.8 Å². The van der Waals surface area contributed by atoms with Crippen LogP contribution in [0.5, 0.6) is 5.75 Å². The predicted molar refractivity (Wildman–Crippen MR) is 87.1 cm³/mol. The Bertz CT molecular complexity index is 511. The number of nitrogens with two attached hydrogens (primary N) is 1. The molecule has 1 aromatic carbocycles. The number of methoxy groups -OCH3 is 1. The molecule has 1 fully saturated rings. The summed E-state index contributed by atoms with van der Waals surface area (Å²) >= 11 is 0. The van der Waals surface area contributed by atoms with E-state index in [1.807, 2.05) is 0 Å². The normalized spacial score (nSPS) is 22.3. The number of carbonyl (C=O) groups excluding carboxylic acids is 1. The summed E-state index contributed by atoms with van der Waals surface area (Å²) in [5, 5.41) is 2.87. The quantitative estimate of drug-likeness (QED) is 0.810. The Morgan fingerprint density at radius 3 is 2.73 bits per heavy atom. The van der Waals surface area contributed by atoms with Crippen LogP contribution in [0.3, 0.4) is 0 Å². The highest BCUT2D eigenvalue weighted by molar-refractivity contribution is 5.92. The number of anilines is 2. The smallest absolute Gasteiger partial charge is 0.225 e. The van der Waals surface area contributed by atoms with Crippen LogP contribution in [0, 0.1) is 0 Å². The van der Waals surface area contributed by atoms with Gasteiger partial charge in [0.1, 0.15) is 5.75 Å². The summed E-state index contributed by atoms with van der Waals surface area (Å²) in [5.41, 5.74) is 6.95. The van der Waals surface area contributed by atoms with E-state index in [4.69, 9.17) is 15.2 Å². The van der Waals surface area contributed by atoms with Crippen LogP contribution >= 0.6 is 0 Å². The number of hydrogen-bond acceptors (Lipinski definition) is 5. The van der Waals surface area contributed by atoms with Gasteiger partial charge in [-0.2, -0.15) is 0 Å². The summed E-state index contributed by atoms with van der Waals surface area (Å²) in [4.78, 5) is 14.4. The van der Waals surface area contributed by atoms with E-state index in [1.54, 1.807) is 25.3 Å². The third-order valence-electron chi connectivity index (χ3n) is 3.65. The van der Waals surface area contributed by atoms with E-state index < -0.39 is 0 Å². The van der Waals surface area contributed by atoms with Crippen molar-refractivity contribution in [2.24, 2.45) is 0 Å². The summed E-state index contributed by atoms with van der Waals surface area (Å²) in [6, 6.07) is 5.19. The van der Waals surface area contributed by atoms with Crippen LogP contribution < -0.4 is 15.8 Å². The van der Waals surface area contributed by atoms with E-state index in [9.17, 15) is 4.79 Å². The third kappa shape index (κ3) is 4.61. The second-order valence-electron chi connectivity index (χ2n) is 5.77. The number of nitrogens with one attached hydrogen (secondary N) is 1. The molecule has 3 N–H and O–H groups in total. The average Bonchev–Trinajstić information content (AvgIpc) is 2.46. The minimum absolute atomic E-state index is 0.0325. The molecule has 6 heteroatoms. The first-order valence-corrected chi connectivity index (χ1v) is 7.59. The average molecular weight is 307 g/mol. The van der Waals surface area contributed by atoms with Crippen molar-refractivity contribution in [2.75, 3.05) is 37.8 Å². The molecular formula is C16H25N3O3. The Morgan fingerprint density at radius 2 is 2.09 bits per heavy atom. The van der Waals surface area contributed by atoms with Crippen molar-refractivity contribution in [1.29, 1.82) is 0 Å². The number of rotatable bonds is 5. The van der Waals surface area contributed by atoms with Crippen LogP contribution in [-0.4, -0.2) is 49.8 Å². The van der Waals surface area contributed by atoms with Gasteiger partial charge in [-0.15, -0.1) is 0 Å². The van der Waals surface area contributed by atoms with Crippen molar-refractivity contribution >= 4 is 17.3 Å². The lowest BCUT2D eigenvalue weighted by atomic mass is 10.2. The van der Waals surface area contributed by atoms with Crippen molar-refractivity contribution in [1.82, 2.24) is 4.90 Å². The number of carbonyl (C=O) groups is 1. The first-order valence-electron chi connectivity index (χ1n) is 7.59. The first-order chi connectivity index (χ1) is 10.5. The second kappa shape index (κ2) is 7.47. The fourth-order valence-electron chi connectivity index (χ4n) is 2.75. The van der Waals surface area contributed by atoms with Gasteiger partial charge in [-0.05, 0) is 26.0 Å². The maximum absolute atomic E-state index is 12.1. The van der Waals surface area contributed by atoms with E-state index in [2.05, 4.69) is 24.1 Å². The molecule has 0 radical (unpaired) electrons. The Labute approximate surface area is 131 Å². The SMILES string of the molecule is COc1cc(N)ccc1NC(=O)CCN1CC(C)OC(C)C1. The van der Waals surface area contributed by atoms with E-state index in [0.29, 0.717) is 23.5 Å². The molecule has 1 heterocycles. The van der Waals surface area contributed by atoms with Gasteiger partial charge in [0.25, 0.3) is 0 Å². The van der Waals surface area contributed by atoms with E-state index in [0.717, 1.165) is 19.6 Å². The fraction of sp³-hybridized carbons (Fsp3) is 0.562. The van der Waals surface area contributed by atoms with Crippen LogP contribution in [0.2, 0.25) is 0 Å². The molecule has 1 aromatic rings. The standard InChI is InChI=1S/C16H25N3O3/c1-11-9-19(10-12(2)22-11)7-6-16(20)18-14-5-4-13(17)8-15(14)21-3/h4-5,8,11-12H,6-7,9-10,17H2,1-3H3,(H,18,20). The van der Waals surface area contributed by atoms with E-state index >= 15 is 0 Å². The molecule has 1 amide bonds. The lowest BCUT2D eigenvalue weighted by Crippen LogP contribution is -2.46. The Hall–Kier alpha value is -1.79. The van der Waals surface area contributed by atoms with E-state index in [-0.39, 0.29) is 18.1 Å². The topological polar surface area (TPSA) is 76.8 Å². The van der Waals surface area contributed by atoms with Gasteiger partial charge < -0.3 is 20.5 Å². The van der Waals surface area contributed by atoms with Gasteiger partial charge in [-0.3, -0.25) is 9.69 Å². The maximum atomic E-state index is 12.1. The van der Waals surface area contributed by atoms with Gasteiger partial charge in [0.2, 0.25) is 5.91 Å². The molecule has 2 atom stereocenters. The summed E-state index contributed by atoms with van der Waals surface area (Å²) in [6.07, 6.45) is 0.862. The molecule has 22 heavy (non-hydrogen) atoms. The summed E-state index contributed by atoms with van der Waals surface area (Å²) in [5.74, 6) is 0.539. The molecular weight excluding hydrogens is 282 g/mol. The van der Waals surface area contributed by atoms with Crippen molar-refractivity contribution in [3.8, 4) is 5.75 Å². The van der Waals surface area contributed by atoms with Gasteiger partial charge in [0.05, 0.1) is 25.0 Å². The van der Waals surface area contributed by atoms with Crippen molar-refractivity contribution in [3.63, 3.8) is 0 Å². The van der Waals surface area contributed by atoms with Crippen LogP contribution in [0.25, 0.3) is 0 Å². The molecule has 2 unspecified atom stereocenters. The summed E-state index contributed by atoms with van der Waals surface area (Å²) in [7, 11) is 1.56. The summed E-state index contributed by atoms with van der Waals surface area (Å²) < 4.78 is 10.9. The molecule has 0 aliphatic carbocycles. The summed E-state index contributed by atoms with van der Waals surface area (Å²) in [6.45, 7) is 6.57. The molecule has 0 saturated carbocycles. The number of ether oxygens (including phenoxy) is 2. The van der Waals surface area contributed by atoms with Gasteiger partial charge >= 0.3 is 0 Å². The number of nitrogen functional groups attached to an aromatic ring is 1. The zero-order chi connectivity index (χ0) is 16.1. The zero-order valence-corrected chi connectivity index (χ0v) is 13.5. The van der Waals surface area contributed by atoms with Gasteiger partial charge in [-0.1, -0.05) is 0 Å². The third-order valence-corrected chi connectivity index (χ3v) is 3.65. The lowest BCUT2D eigenvalue weighted by molar-refractivity contribution is -0.117. The number of amides is 1. The number of hydrogen-bond donors (Lipinski definition) is 2. The van der Waals surface area contributed by atoms with Crippen LogP contribution in [-0.2, 0) is 9.53 Å². The number of morpholine rings is 1. The highest BCUT2D eigenvalue weighted by Gasteiger charge is 2.22. The predicted octanol–water partition coefficient (Wildman–Crippen LogP) is 1.72. The Balaban J connectivity index is 1.85. The van der Waals surface area contributed by atoms with E-state index in [1.165, 1.54) is 0 Å². The minimum atomic E-state index is -0.0325. The van der Waals surface area contributed by atoms with Crippen LogP contribution in [0.4, 0.5) is 11.4 Å². The molecule has 122 valence electrons. The monoisotopic (exact) mass is 307 g/mol.